The van der Waals surface area contributed by atoms with E-state index in [-0.39, 0.29) is 18.8 Å². The molecule has 0 aliphatic carbocycles. The second-order valence-corrected chi connectivity index (χ2v) is 3.70. The van der Waals surface area contributed by atoms with Crippen molar-refractivity contribution in [2.24, 2.45) is 0 Å². The number of aromatic nitrogens is 1. The molecule has 0 spiro atoms. The van der Waals surface area contributed by atoms with Gasteiger partial charge in [-0.15, -0.1) is 0 Å². The van der Waals surface area contributed by atoms with Crippen LogP contribution in [0.5, 0.6) is 0 Å². The quantitative estimate of drug-likeness (QED) is 0.438. The summed E-state index contributed by atoms with van der Waals surface area (Å²) in [5, 5.41) is 0. The summed E-state index contributed by atoms with van der Waals surface area (Å²) in [6.45, 7) is 1.99. The first kappa shape index (κ1) is 13.2. The van der Waals surface area contributed by atoms with Crippen LogP contribution in [0.4, 0.5) is 5.82 Å². The van der Waals surface area contributed by atoms with Crippen molar-refractivity contribution in [2.45, 2.75) is 13.3 Å². The first-order valence-corrected chi connectivity index (χ1v) is 5.36. The number of ether oxygens (including phenoxy) is 1. The third-order valence-electron chi connectivity index (χ3n) is 2.14. The molecule has 1 aromatic rings. The van der Waals surface area contributed by atoms with Crippen LogP contribution in [-0.2, 0) is 9.53 Å². The molecule has 0 aromatic carbocycles. The maximum Gasteiger partial charge on any atom is 0.313 e. The van der Waals surface area contributed by atoms with Gasteiger partial charge in [0.2, 0.25) is 0 Å². The first-order valence-electron chi connectivity index (χ1n) is 5.36. The number of pyridine rings is 1. The average Bonchev–Trinajstić information content (AvgIpc) is 2.29. The molecule has 0 unspecified atom stereocenters. The lowest BCUT2D eigenvalue weighted by Gasteiger charge is -2.10. The van der Waals surface area contributed by atoms with Crippen LogP contribution in [0.15, 0.2) is 18.3 Å². The number of rotatable bonds is 5. The third kappa shape index (κ3) is 3.86. The molecule has 1 heterocycles. The van der Waals surface area contributed by atoms with Crippen LogP contribution in [0.2, 0.25) is 0 Å². The molecule has 0 aliphatic rings. The topological polar surface area (TPSA) is 59.5 Å². The van der Waals surface area contributed by atoms with Gasteiger partial charge in [-0.1, -0.05) is 0 Å². The second kappa shape index (κ2) is 5.98. The van der Waals surface area contributed by atoms with Gasteiger partial charge in [-0.05, 0) is 19.1 Å². The normalized spacial score (nSPS) is 9.82. The molecule has 1 aromatic heterocycles. The Kier molecular flexibility index (Phi) is 4.63. The highest BCUT2D eigenvalue weighted by Crippen LogP contribution is 2.09. The van der Waals surface area contributed by atoms with Gasteiger partial charge in [0.15, 0.2) is 5.78 Å². The fourth-order valence-corrected chi connectivity index (χ4v) is 1.26. The largest absolute Gasteiger partial charge is 0.466 e. The van der Waals surface area contributed by atoms with E-state index in [4.69, 9.17) is 4.74 Å². The number of nitrogens with zero attached hydrogens (tertiary/aromatic N) is 2. The number of Topliss-reactive ketones (excluding diaryl/α,β-unsaturated/α-hetero) is 1. The molecule has 0 saturated carbocycles. The number of ketones is 1. The van der Waals surface area contributed by atoms with Crippen LogP contribution in [0, 0.1) is 0 Å². The molecular weight excluding hydrogens is 220 g/mol. The molecular formula is C12H16N2O3. The molecule has 0 fully saturated rings. The Morgan fingerprint density at radius 1 is 1.35 bits per heavy atom. The summed E-state index contributed by atoms with van der Waals surface area (Å²) in [4.78, 5) is 28.7. The molecule has 5 heteroatoms. The van der Waals surface area contributed by atoms with Crippen molar-refractivity contribution in [3.05, 3.63) is 23.9 Å². The minimum absolute atomic E-state index is 0.239. The fraction of sp³-hybridized carbons (Fsp3) is 0.417. The molecule has 0 atom stereocenters. The molecule has 0 saturated heterocycles. The molecule has 0 amide bonds. The van der Waals surface area contributed by atoms with Crippen LogP contribution in [0.1, 0.15) is 23.7 Å². The van der Waals surface area contributed by atoms with Crippen LogP contribution < -0.4 is 4.90 Å². The fourth-order valence-electron chi connectivity index (χ4n) is 1.26. The van der Waals surface area contributed by atoms with Crippen LogP contribution in [-0.4, -0.2) is 37.4 Å². The molecule has 0 aliphatic heterocycles. The minimum Gasteiger partial charge on any atom is -0.466 e. The van der Waals surface area contributed by atoms with E-state index in [9.17, 15) is 9.59 Å². The standard InChI is InChI=1S/C12H16N2O3/c1-4-17-12(16)7-10(15)9-5-6-11(13-8-9)14(2)3/h5-6,8H,4,7H2,1-3H3. The monoisotopic (exact) mass is 236 g/mol. The van der Waals surface area contributed by atoms with E-state index in [1.54, 1.807) is 19.1 Å². The average molecular weight is 236 g/mol. The Balaban J connectivity index is 2.67. The van der Waals surface area contributed by atoms with E-state index in [1.165, 1.54) is 6.20 Å². The maximum absolute atomic E-state index is 11.7. The molecule has 0 N–H and O–H groups in total. The van der Waals surface area contributed by atoms with E-state index in [1.807, 2.05) is 19.0 Å². The van der Waals surface area contributed by atoms with E-state index in [0.717, 1.165) is 5.82 Å². The van der Waals surface area contributed by atoms with Crippen molar-refractivity contribution in [2.75, 3.05) is 25.6 Å². The number of hydrogen-bond donors (Lipinski definition) is 0. The van der Waals surface area contributed by atoms with Gasteiger partial charge in [-0.3, -0.25) is 9.59 Å². The third-order valence-corrected chi connectivity index (χ3v) is 2.14. The maximum atomic E-state index is 11.7. The Morgan fingerprint density at radius 2 is 2.06 bits per heavy atom. The minimum atomic E-state index is -0.505. The summed E-state index contributed by atoms with van der Waals surface area (Å²) in [6.07, 6.45) is 1.23. The number of esters is 1. The highest BCUT2D eigenvalue weighted by atomic mass is 16.5. The Bertz CT molecular complexity index is 399. The summed E-state index contributed by atoms with van der Waals surface area (Å²) >= 11 is 0. The second-order valence-electron chi connectivity index (χ2n) is 3.70. The molecule has 0 radical (unpaired) electrons. The Hall–Kier alpha value is -1.91. The zero-order chi connectivity index (χ0) is 12.8. The van der Waals surface area contributed by atoms with Crippen LogP contribution in [0.3, 0.4) is 0 Å². The van der Waals surface area contributed by atoms with Gasteiger partial charge in [0.25, 0.3) is 0 Å². The lowest BCUT2D eigenvalue weighted by molar-refractivity contribution is -0.141. The molecule has 92 valence electrons. The number of anilines is 1. The smallest absolute Gasteiger partial charge is 0.313 e. The predicted molar refractivity (Wildman–Crippen MR) is 64.1 cm³/mol. The molecule has 0 bridgehead atoms. The van der Waals surface area contributed by atoms with Crippen molar-refractivity contribution in [1.82, 2.24) is 4.98 Å². The van der Waals surface area contributed by atoms with Crippen molar-refractivity contribution in [1.29, 1.82) is 0 Å². The van der Waals surface area contributed by atoms with Crippen molar-refractivity contribution < 1.29 is 14.3 Å². The van der Waals surface area contributed by atoms with Gasteiger partial charge in [0.05, 0.1) is 6.61 Å². The van der Waals surface area contributed by atoms with E-state index >= 15 is 0 Å². The van der Waals surface area contributed by atoms with Gasteiger partial charge in [-0.2, -0.15) is 0 Å². The summed E-state index contributed by atoms with van der Waals surface area (Å²) in [7, 11) is 3.73. The highest BCUT2D eigenvalue weighted by Gasteiger charge is 2.13. The van der Waals surface area contributed by atoms with Crippen molar-refractivity contribution >= 4 is 17.6 Å². The van der Waals surface area contributed by atoms with Gasteiger partial charge in [0, 0.05) is 25.9 Å². The SMILES string of the molecule is CCOC(=O)CC(=O)c1ccc(N(C)C)nc1. The number of hydrogen-bond acceptors (Lipinski definition) is 5. The Morgan fingerprint density at radius 3 is 2.53 bits per heavy atom. The van der Waals surface area contributed by atoms with Crippen molar-refractivity contribution in [3.8, 4) is 0 Å². The lowest BCUT2D eigenvalue weighted by atomic mass is 10.1. The van der Waals surface area contributed by atoms with E-state index in [2.05, 4.69) is 4.98 Å². The van der Waals surface area contributed by atoms with Gasteiger partial charge >= 0.3 is 5.97 Å². The van der Waals surface area contributed by atoms with Gasteiger partial charge < -0.3 is 9.64 Å². The summed E-state index contributed by atoms with van der Waals surface area (Å²) in [6, 6.07) is 3.39. The van der Waals surface area contributed by atoms with Crippen LogP contribution >= 0.6 is 0 Å². The van der Waals surface area contributed by atoms with Gasteiger partial charge in [-0.25, -0.2) is 4.98 Å². The number of carbonyl (C=O) groups excluding carboxylic acids is 2. The number of carbonyl (C=O) groups is 2. The summed E-state index contributed by atoms with van der Waals surface area (Å²) < 4.78 is 4.71. The molecule has 17 heavy (non-hydrogen) atoms. The highest BCUT2D eigenvalue weighted by molar-refractivity contribution is 6.05. The lowest BCUT2D eigenvalue weighted by Crippen LogP contribution is -2.13. The molecule has 5 nitrogen and oxygen atoms in total. The Labute approximate surface area is 100 Å². The van der Waals surface area contributed by atoms with Crippen molar-refractivity contribution in [3.63, 3.8) is 0 Å². The van der Waals surface area contributed by atoms with Gasteiger partial charge in [0.1, 0.15) is 12.2 Å². The predicted octanol–water partition coefficient (Wildman–Crippen LogP) is 1.28. The van der Waals surface area contributed by atoms with Crippen LogP contribution in [0.25, 0.3) is 0 Å². The zero-order valence-electron chi connectivity index (χ0n) is 10.3. The van der Waals surface area contributed by atoms with E-state index < -0.39 is 5.97 Å². The molecule has 1 rings (SSSR count). The summed E-state index contributed by atoms with van der Waals surface area (Å²) in [5.74, 6) is -0.0203. The first-order chi connectivity index (χ1) is 8.04. The van der Waals surface area contributed by atoms with E-state index in [0.29, 0.717) is 5.56 Å². The zero-order valence-corrected chi connectivity index (χ0v) is 10.3. The summed E-state index contributed by atoms with van der Waals surface area (Å²) in [5.41, 5.74) is 0.420.